The number of hydrogen-bond donors (Lipinski definition) is 1. The molecule has 0 saturated carbocycles. The zero-order chi connectivity index (χ0) is 24.8. The average Bonchev–Trinajstić information content (AvgIpc) is 2.87. The number of carbonyl (C=O) groups is 1. The second-order valence-electron chi connectivity index (χ2n) is 7.78. The first-order valence-corrected chi connectivity index (χ1v) is 11.3. The third-order valence-electron chi connectivity index (χ3n) is 5.50. The lowest BCUT2D eigenvalue weighted by Gasteiger charge is -2.18. The van der Waals surface area contributed by atoms with Crippen molar-refractivity contribution in [3.63, 3.8) is 0 Å². The lowest BCUT2D eigenvalue weighted by Crippen LogP contribution is -2.14. The number of pyridine rings is 1. The monoisotopic (exact) mass is 489 g/mol. The molecule has 0 amide bonds. The van der Waals surface area contributed by atoms with Crippen molar-refractivity contribution in [2.24, 2.45) is 0 Å². The summed E-state index contributed by atoms with van der Waals surface area (Å²) in [5.74, 6) is -0.398. The van der Waals surface area contributed by atoms with Gasteiger partial charge in [-0.15, -0.1) is 0 Å². The number of benzene rings is 3. The minimum absolute atomic E-state index is 0.0278. The normalized spacial score (nSPS) is 12.1. The van der Waals surface area contributed by atoms with Gasteiger partial charge in [0, 0.05) is 17.5 Å². The Morgan fingerprint density at radius 1 is 1.03 bits per heavy atom. The minimum atomic E-state index is -1.09. The van der Waals surface area contributed by atoms with Gasteiger partial charge in [-0.05, 0) is 59.7 Å². The standard InChI is InChI=1S/C28H24ClNO5/c1-33-23-12-13-26(24(16-23)28(31)32)35-17-27(34-2)20-5-3-4-18(14-20)6-10-22-11-8-19-7-9-21(29)15-25(19)30-22/h3-16,27H,17H2,1-2H3,(H,31,32)/b10-6+/t27-/m0/s1. The molecule has 0 spiro atoms. The van der Waals surface area contributed by atoms with Crippen LogP contribution in [0.4, 0.5) is 0 Å². The van der Waals surface area contributed by atoms with Crippen LogP contribution >= 0.6 is 11.6 Å². The van der Waals surface area contributed by atoms with Crippen LogP contribution in [0.5, 0.6) is 11.5 Å². The van der Waals surface area contributed by atoms with E-state index < -0.39 is 12.1 Å². The second-order valence-corrected chi connectivity index (χ2v) is 8.22. The molecule has 4 aromatic rings. The first-order valence-electron chi connectivity index (χ1n) is 10.9. The number of carboxylic acids is 1. The molecule has 0 saturated heterocycles. The molecule has 1 atom stereocenters. The van der Waals surface area contributed by atoms with Gasteiger partial charge in [0.05, 0.1) is 18.3 Å². The summed E-state index contributed by atoms with van der Waals surface area (Å²) in [7, 11) is 3.07. The molecule has 3 aromatic carbocycles. The smallest absolute Gasteiger partial charge is 0.339 e. The molecule has 35 heavy (non-hydrogen) atoms. The highest BCUT2D eigenvalue weighted by molar-refractivity contribution is 6.31. The minimum Gasteiger partial charge on any atom is -0.497 e. The van der Waals surface area contributed by atoms with E-state index in [1.54, 1.807) is 19.2 Å². The number of fused-ring (bicyclic) bond motifs is 1. The van der Waals surface area contributed by atoms with E-state index in [1.807, 2.05) is 66.7 Å². The summed E-state index contributed by atoms with van der Waals surface area (Å²) >= 11 is 6.09. The number of ether oxygens (including phenoxy) is 3. The van der Waals surface area contributed by atoms with Crippen molar-refractivity contribution in [1.29, 1.82) is 0 Å². The van der Waals surface area contributed by atoms with Crippen LogP contribution in [0.1, 0.15) is 33.3 Å². The summed E-state index contributed by atoms with van der Waals surface area (Å²) in [5, 5.41) is 11.2. The van der Waals surface area contributed by atoms with E-state index >= 15 is 0 Å². The predicted molar refractivity (Wildman–Crippen MR) is 137 cm³/mol. The number of nitrogens with zero attached hydrogens (tertiary/aromatic N) is 1. The maximum absolute atomic E-state index is 11.6. The number of rotatable bonds is 9. The molecule has 0 bridgehead atoms. The van der Waals surface area contributed by atoms with Crippen molar-refractivity contribution < 1.29 is 24.1 Å². The Bertz CT molecular complexity index is 1390. The van der Waals surface area contributed by atoms with E-state index in [-0.39, 0.29) is 17.9 Å². The van der Waals surface area contributed by atoms with E-state index in [2.05, 4.69) is 4.98 Å². The van der Waals surface area contributed by atoms with Crippen LogP contribution in [-0.4, -0.2) is 36.9 Å². The molecule has 0 radical (unpaired) electrons. The number of aromatic carboxylic acids is 1. The van der Waals surface area contributed by atoms with E-state index in [1.165, 1.54) is 13.2 Å². The Balaban J connectivity index is 1.50. The molecule has 7 heteroatoms. The van der Waals surface area contributed by atoms with Crippen molar-refractivity contribution in [1.82, 2.24) is 4.98 Å². The van der Waals surface area contributed by atoms with Gasteiger partial charge < -0.3 is 19.3 Å². The van der Waals surface area contributed by atoms with Crippen LogP contribution in [0.3, 0.4) is 0 Å². The Hall–Kier alpha value is -3.87. The van der Waals surface area contributed by atoms with Crippen molar-refractivity contribution in [2.75, 3.05) is 20.8 Å². The van der Waals surface area contributed by atoms with Gasteiger partial charge in [-0.25, -0.2) is 9.78 Å². The van der Waals surface area contributed by atoms with Crippen molar-refractivity contribution in [2.45, 2.75) is 6.10 Å². The summed E-state index contributed by atoms with van der Waals surface area (Å²) in [6.45, 7) is 0.142. The highest BCUT2D eigenvalue weighted by Crippen LogP contribution is 2.27. The Morgan fingerprint density at radius 3 is 2.63 bits per heavy atom. The van der Waals surface area contributed by atoms with E-state index in [0.717, 1.165) is 27.7 Å². The van der Waals surface area contributed by atoms with Crippen LogP contribution < -0.4 is 9.47 Å². The Labute approximate surface area is 208 Å². The zero-order valence-electron chi connectivity index (χ0n) is 19.3. The zero-order valence-corrected chi connectivity index (χ0v) is 20.0. The second kappa shape index (κ2) is 11.0. The van der Waals surface area contributed by atoms with Crippen molar-refractivity contribution >= 4 is 40.6 Å². The third-order valence-corrected chi connectivity index (χ3v) is 5.73. The molecule has 6 nitrogen and oxygen atoms in total. The lowest BCUT2D eigenvalue weighted by atomic mass is 10.1. The average molecular weight is 490 g/mol. The van der Waals surface area contributed by atoms with Crippen molar-refractivity contribution in [3.8, 4) is 11.5 Å². The topological polar surface area (TPSA) is 77.9 Å². The number of methoxy groups -OCH3 is 2. The summed E-state index contributed by atoms with van der Waals surface area (Å²) in [5.41, 5.74) is 3.55. The molecule has 0 aliphatic rings. The summed E-state index contributed by atoms with van der Waals surface area (Å²) in [4.78, 5) is 16.3. The molecule has 0 unspecified atom stereocenters. The lowest BCUT2D eigenvalue weighted by molar-refractivity contribution is 0.0553. The van der Waals surface area contributed by atoms with Gasteiger partial charge in [0.15, 0.2) is 0 Å². The van der Waals surface area contributed by atoms with Gasteiger partial charge in [0.25, 0.3) is 0 Å². The maximum Gasteiger partial charge on any atom is 0.339 e. The molecule has 0 aliphatic carbocycles. The molecule has 0 aliphatic heterocycles. The van der Waals surface area contributed by atoms with Crippen LogP contribution in [-0.2, 0) is 4.74 Å². The fourth-order valence-electron chi connectivity index (χ4n) is 3.64. The fourth-order valence-corrected chi connectivity index (χ4v) is 3.80. The van der Waals surface area contributed by atoms with Gasteiger partial charge in [-0.1, -0.05) is 48.0 Å². The Morgan fingerprint density at radius 2 is 1.86 bits per heavy atom. The highest BCUT2D eigenvalue weighted by Gasteiger charge is 2.17. The van der Waals surface area contributed by atoms with E-state index in [4.69, 9.17) is 25.8 Å². The summed E-state index contributed by atoms with van der Waals surface area (Å²) in [6.07, 6.45) is 3.52. The predicted octanol–water partition coefficient (Wildman–Crippen LogP) is 6.53. The van der Waals surface area contributed by atoms with E-state index in [0.29, 0.717) is 10.8 Å². The molecular formula is C28H24ClNO5. The van der Waals surface area contributed by atoms with Crippen LogP contribution in [0.15, 0.2) is 72.8 Å². The largest absolute Gasteiger partial charge is 0.497 e. The molecule has 1 N–H and O–H groups in total. The van der Waals surface area contributed by atoms with E-state index in [9.17, 15) is 9.90 Å². The first kappa shape index (κ1) is 24.3. The number of aromatic nitrogens is 1. The van der Waals surface area contributed by atoms with Gasteiger partial charge in [0.1, 0.15) is 29.8 Å². The van der Waals surface area contributed by atoms with Crippen LogP contribution in [0.25, 0.3) is 23.1 Å². The van der Waals surface area contributed by atoms with Crippen LogP contribution in [0.2, 0.25) is 5.02 Å². The molecule has 4 rings (SSSR count). The van der Waals surface area contributed by atoms with Crippen LogP contribution in [0, 0.1) is 0 Å². The van der Waals surface area contributed by atoms with Gasteiger partial charge in [-0.2, -0.15) is 0 Å². The molecular weight excluding hydrogens is 466 g/mol. The molecule has 178 valence electrons. The Kier molecular flexibility index (Phi) is 7.65. The summed E-state index contributed by atoms with van der Waals surface area (Å²) < 4.78 is 16.6. The third kappa shape index (κ3) is 5.98. The quantitative estimate of drug-likeness (QED) is 0.288. The number of carboxylic acid groups (broad SMARTS) is 1. The van der Waals surface area contributed by atoms with Crippen molar-refractivity contribution in [3.05, 3.63) is 100 Å². The number of halogens is 1. The highest BCUT2D eigenvalue weighted by atomic mass is 35.5. The van der Waals surface area contributed by atoms with Gasteiger partial charge in [0.2, 0.25) is 0 Å². The SMILES string of the molecule is COc1ccc(OC[C@H](OC)c2cccc(/C=C/c3ccc4ccc(Cl)cc4n3)c2)c(C(=O)O)c1. The first-order chi connectivity index (χ1) is 17.0. The van der Waals surface area contributed by atoms with Gasteiger partial charge >= 0.3 is 5.97 Å². The van der Waals surface area contributed by atoms with Gasteiger partial charge in [-0.3, -0.25) is 0 Å². The molecule has 1 heterocycles. The maximum atomic E-state index is 11.6. The summed E-state index contributed by atoms with van der Waals surface area (Å²) in [6, 6.07) is 22.1. The molecule has 0 fully saturated rings. The fraction of sp³-hybridized carbons (Fsp3) is 0.143. The number of hydrogen-bond acceptors (Lipinski definition) is 5. The molecule has 1 aromatic heterocycles.